The first-order chi connectivity index (χ1) is 12.1. The van der Waals surface area contributed by atoms with Gasteiger partial charge in [-0.3, -0.25) is 9.69 Å². The summed E-state index contributed by atoms with van der Waals surface area (Å²) in [5.74, 6) is -0.0784. The molecular weight excluding hydrogens is 354 g/mol. The number of carbonyl (C=O) groups excluding carboxylic acids is 1. The number of nitrogen functional groups attached to an aromatic ring is 1. The molecule has 0 radical (unpaired) electrons. The van der Waals surface area contributed by atoms with E-state index in [9.17, 15) is 4.79 Å². The monoisotopic (exact) mass is 371 g/mol. The molecule has 0 bridgehead atoms. The molecule has 4 nitrogen and oxygen atoms in total. The van der Waals surface area contributed by atoms with E-state index in [1.54, 1.807) is 24.3 Å². The van der Waals surface area contributed by atoms with Crippen molar-refractivity contribution in [3.63, 3.8) is 0 Å². The molecule has 0 atom stereocenters. The molecule has 3 heterocycles. The van der Waals surface area contributed by atoms with Gasteiger partial charge in [-0.2, -0.15) is 0 Å². The second kappa shape index (κ2) is 6.41. The number of nitrogens with zero attached hydrogens (tertiary/aromatic N) is 2. The number of rotatable bonds is 3. The second-order valence-corrected chi connectivity index (χ2v) is 7.68. The first-order valence-corrected chi connectivity index (χ1v) is 9.49. The van der Waals surface area contributed by atoms with Gasteiger partial charge >= 0.3 is 0 Å². The van der Waals surface area contributed by atoms with Crippen molar-refractivity contribution in [1.82, 2.24) is 9.88 Å². The topological polar surface area (TPSA) is 59.2 Å². The van der Waals surface area contributed by atoms with Gasteiger partial charge in [-0.15, -0.1) is 11.3 Å². The maximum absolute atomic E-state index is 12.8. The number of aromatic nitrogens is 1. The molecule has 6 heteroatoms. The Morgan fingerprint density at radius 2 is 2.12 bits per heavy atom. The van der Waals surface area contributed by atoms with Crippen LogP contribution in [-0.2, 0) is 13.0 Å². The molecule has 128 valence electrons. The van der Waals surface area contributed by atoms with Crippen LogP contribution in [-0.4, -0.2) is 28.8 Å². The zero-order valence-electron chi connectivity index (χ0n) is 13.9. The quantitative estimate of drug-likeness (QED) is 0.703. The molecule has 0 amide bonds. The van der Waals surface area contributed by atoms with Crippen LogP contribution < -0.4 is 5.73 Å². The molecule has 0 saturated carbocycles. The first kappa shape index (κ1) is 16.5. The van der Waals surface area contributed by atoms with Crippen LogP contribution in [0, 0.1) is 0 Å². The van der Waals surface area contributed by atoms with Gasteiger partial charge in [0.25, 0.3) is 0 Å². The average Bonchev–Trinajstić information content (AvgIpc) is 2.95. The molecule has 3 aromatic rings. The Morgan fingerprint density at radius 3 is 2.84 bits per heavy atom. The van der Waals surface area contributed by atoms with E-state index < -0.39 is 0 Å². The van der Waals surface area contributed by atoms with E-state index in [1.807, 2.05) is 0 Å². The minimum atomic E-state index is -0.0784. The minimum absolute atomic E-state index is 0.0784. The van der Waals surface area contributed by atoms with E-state index in [-0.39, 0.29) is 5.78 Å². The number of likely N-dealkylation sites (N-methyl/N-ethyl adjacent to an activating group) is 1. The maximum atomic E-state index is 12.8. The Hall–Kier alpha value is -1.95. The second-order valence-electron chi connectivity index (χ2n) is 6.25. The van der Waals surface area contributed by atoms with Gasteiger partial charge in [0.1, 0.15) is 9.71 Å². The molecule has 4 rings (SSSR count). The predicted octanol–water partition coefficient (Wildman–Crippen LogP) is 4.14. The molecular formula is C19H18ClN3OS. The van der Waals surface area contributed by atoms with Crippen molar-refractivity contribution in [3.05, 3.63) is 57.1 Å². The summed E-state index contributed by atoms with van der Waals surface area (Å²) in [6.45, 7) is 5.11. The molecule has 0 aliphatic carbocycles. The van der Waals surface area contributed by atoms with E-state index >= 15 is 0 Å². The van der Waals surface area contributed by atoms with Gasteiger partial charge in [-0.25, -0.2) is 4.98 Å². The number of pyridine rings is 1. The van der Waals surface area contributed by atoms with Gasteiger partial charge in [-0.05, 0) is 42.4 Å². The van der Waals surface area contributed by atoms with E-state index in [4.69, 9.17) is 22.3 Å². The third kappa shape index (κ3) is 2.92. The summed E-state index contributed by atoms with van der Waals surface area (Å²) in [6.07, 6.45) is 0.942. The van der Waals surface area contributed by atoms with Crippen molar-refractivity contribution >= 4 is 44.6 Å². The van der Waals surface area contributed by atoms with Gasteiger partial charge in [-0.1, -0.05) is 18.5 Å². The van der Waals surface area contributed by atoms with Crippen LogP contribution in [0.5, 0.6) is 0 Å². The number of thiophene rings is 1. The lowest BCUT2D eigenvalue weighted by Crippen LogP contribution is -2.30. The van der Waals surface area contributed by atoms with Crippen LogP contribution in [0.1, 0.15) is 33.4 Å². The number of hydrogen-bond acceptors (Lipinski definition) is 5. The van der Waals surface area contributed by atoms with Gasteiger partial charge in [0.05, 0.1) is 5.69 Å². The van der Waals surface area contributed by atoms with Crippen LogP contribution >= 0.6 is 22.9 Å². The summed E-state index contributed by atoms with van der Waals surface area (Å²) in [6, 6.07) is 9.01. The lowest BCUT2D eigenvalue weighted by atomic mass is 10.0. The van der Waals surface area contributed by atoms with Gasteiger partial charge in [0.15, 0.2) is 0 Å². The molecule has 0 saturated heterocycles. The van der Waals surface area contributed by atoms with Crippen molar-refractivity contribution in [1.29, 1.82) is 0 Å². The van der Waals surface area contributed by atoms with Crippen molar-refractivity contribution < 1.29 is 4.79 Å². The molecule has 2 aromatic heterocycles. The van der Waals surface area contributed by atoms with E-state index in [0.717, 1.165) is 42.0 Å². The maximum Gasteiger partial charge on any atom is 0.205 e. The largest absolute Gasteiger partial charge is 0.397 e. The summed E-state index contributed by atoms with van der Waals surface area (Å²) in [5.41, 5.74) is 9.78. The molecule has 25 heavy (non-hydrogen) atoms. The molecule has 0 spiro atoms. The van der Waals surface area contributed by atoms with Gasteiger partial charge in [0, 0.05) is 41.2 Å². The lowest BCUT2D eigenvalue weighted by molar-refractivity contribution is 0.104. The molecule has 1 aliphatic rings. The summed E-state index contributed by atoms with van der Waals surface area (Å²) < 4.78 is 0. The molecule has 0 unspecified atom stereocenters. The molecule has 1 aliphatic heterocycles. The van der Waals surface area contributed by atoms with Crippen molar-refractivity contribution in [3.8, 4) is 0 Å². The van der Waals surface area contributed by atoms with Gasteiger partial charge < -0.3 is 5.73 Å². The number of hydrogen-bond donors (Lipinski definition) is 1. The smallest absolute Gasteiger partial charge is 0.205 e. The van der Waals surface area contributed by atoms with E-state index in [0.29, 0.717) is 21.2 Å². The Balaban J connectivity index is 1.77. The third-order valence-corrected chi connectivity index (χ3v) is 6.07. The number of fused-ring (bicyclic) bond motifs is 2. The molecule has 1 aromatic carbocycles. The Labute approximate surface area is 155 Å². The van der Waals surface area contributed by atoms with Crippen molar-refractivity contribution in [2.45, 2.75) is 19.9 Å². The normalized spacial score (nSPS) is 14.6. The zero-order chi connectivity index (χ0) is 17.6. The highest BCUT2D eigenvalue weighted by atomic mass is 35.5. The summed E-state index contributed by atoms with van der Waals surface area (Å²) in [4.78, 5) is 21.4. The Kier molecular flexibility index (Phi) is 4.23. The zero-order valence-corrected chi connectivity index (χ0v) is 15.5. The van der Waals surface area contributed by atoms with Crippen LogP contribution in [0.2, 0.25) is 5.02 Å². The van der Waals surface area contributed by atoms with Crippen LogP contribution in [0.3, 0.4) is 0 Å². The SMILES string of the molecule is CCN1CCc2nc3sc(C(=O)c4ccc(Cl)cc4)c(N)c3cc2C1. The Bertz CT molecular complexity index is 965. The number of benzene rings is 1. The van der Waals surface area contributed by atoms with Crippen molar-refractivity contribution in [2.24, 2.45) is 0 Å². The number of carbonyl (C=O) groups is 1. The van der Waals surface area contributed by atoms with E-state index in [1.165, 1.54) is 16.9 Å². The summed E-state index contributed by atoms with van der Waals surface area (Å²) in [7, 11) is 0. The van der Waals surface area contributed by atoms with E-state index in [2.05, 4.69) is 17.9 Å². The van der Waals surface area contributed by atoms with Crippen LogP contribution in [0.25, 0.3) is 10.2 Å². The Morgan fingerprint density at radius 1 is 1.36 bits per heavy atom. The van der Waals surface area contributed by atoms with Gasteiger partial charge in [0.2, 0.25) is 5.78 Å². The predicted molar refractivity (Wildman–Crippen MR) is 104 cm³/mol. The third-order valence-electron chi connectivity index (χ3n) is 4.71. The average molecular weight is 372 g/mol. The standard InChI is InChI=1S/C19H18ClN3OS/c1-2-23-8-7-15-12(10-23)9-14-16(21)18(25-19(14)22-15)17(24)11-3-5-13(20)6-4-11/h3-6,9H,2,7-8,10,21H2,1H3. The number of halogens is 1. The molecule has 0 fully saturated rings. The van der Waals surface area contributed by atoms with Crippen molar-refractivity contribution in [2.75, 3.05) is 18.8 Å². The fourth-order valence-corrected chi connectivity index (χ4v) is 4.41. The highest BCUT2D eigenvalue weighted by Gasteiger charge is 2.22. The molecule has 2 N–H and O–H groups in total. The number of anilines is 1. The summed E-state index contributed by atoms with van der Waals surface area (Å²) >= 11 is 7.29. The van der Waals surface area contributed by atoms with Crippen LogP contribution in [0.15, 0.2) is 30.3 Å². The lowest BCUT2D eigenvalue weighted by Gasteiger charge is -2.26. The fourth-order valence-electron chi connectivity index (χ4n) is 3.23. The number of ketones is 1. The fraction of sp³-hybridized carbons (Fsp3) is 0.263. The first-order valence-electron chi connectivity index (χ1n) is 8.30. The summed E-state index contributed by atoms with van der Waals surface area (Å²) in [5, 5.41) is 1.50. The minimum Gasteiger partial charge on any atom is -0.397 e. The van der Waals surface area contributed by atoms with Crippen LogP contribution in [0.4, 0.5) is 5.69 Å². The highest BCUT2D eigenvalue weighted by molar-refractivity contribution is 7.21. The highest BCUT2D eigenvalue weighted by Crippen LogP contribution is 2.36. The number of nitrogens with two attached hydrogens (primary N) is 1.